The smallest absolute Gasteiger partial charge is 0.229 e. The number of para-hydroxylation sites is 1. The number of hydrogen-bond acceptors (Lipinski definition) is 5. The first-order valence-corrected chi connectivity index (χ1v) is 10.2. The summed E-state index contributed by atoms with van der Waals surface area (Å²) < 4.78 is 16.8. The molecular weight excluding hydrogens is 382 g/mol. The van der Waals surface area contributed by atoms with E-state index in [0.29, 0.717) is 35.7 Å². The van der Waals surface area contributed by atoms with Gasteiger partial charge in [-0.15, -0.1) is 0 Å². The fourth-order valence-electron chi connectivity index (χ4n) is 4.30. The van der Waals surface area contributed by atoms with Gasteiger partial charge in [0.2, 0.25) is 5.91 Å². The highest BCUT2D eigenvalue weighted by Gasteiger charge is 2.49. The van der Waals surface area contributed by atoms with E-state index in [2.05, 4.69) is 0 Å². The second-order valence-electron chi connectivity index (χ2n) is 7.39. The summed E-state index contributed by atoms with van der Waals surface area (Å²) in [6.07, 6.45) is 0.187. The van der Waals surface area contributed by atoms with Gasteiger partial charge in [-0.1, -0.05) is 49.4 Å². The number of benzene rings is 2. The maximum absolute atomic E-state index is 13.4. The van der Waals surface area contributed by atoms with Crippen molar-refractivity contribution in [3.63, 3.8) is 0 Å². The van der Waals surface area contributed by atoms with E-state index in [1.54, 1.807) is 44.4 Å². The van der Waals surface area contributed by atoms with Crippen LogP contribution in [0.3, 0.4) is 0 Å². The van der Waals surface area contributed by atoms with Gasteiger partial charge in [0.15, 0.2) is 17.3 Å². The number of Topliss-reactive ketones (excluding diaryl/α,β-unsaturated/α-hetero) is 1. The van der Waals surface area contributed by atoms with Gasteiger partial charge in [0, 0.05) is 31.3 Å². The molecule has 2 aromatic carbocycles. The third-order valence-corrected chi connectivity index (χ3v) is 5.66. The predicted octanol–water partition coefficient (Wildman–Crippen LogP) is 3.76. The van der Waals surface area contributed by atoms with Gasteiger partial charge in [-0.2, -0.15) is 0 Å². The van der Waals surface area contributed by atoms with E-state index in [1.165, 1.54) is 0 Å². The van der Waals surface area contributed by atoms with E-state index in [1.807, 2.05) is 37.3 Å². The molecule has 30 heavy (non-hydrogen) atoms. The summed E-state index contributed by atoms with van der Waals surface area (Å²) >= 11 is 0. The zero-order valence-corrected chi connectivity index (χ0v) is 18.0. The van der Waals surface area contributed by atoms with Crippen molar-refractivity contribution in [2.75, 3.05) is 34.4 Å². The van der Waals surface area contributed by atoms with Gasteiger partial charge in [0.05, 0.1) is 32.2 Å². The van der Waals surface area contributed by atoms with Crippen LogP contribution in [-0.4, -0.2) is 51.0 Å². The standard InChI is InChI=1S/C24H29NO5/c1-5-14-25-15-18(21(26)16-10-7-6-8-11-16)20(24(25)27)23(30-4)17-12-9-13-19(28-2)22(17)29-3/h6-13,18,20,23H,5,14-15H2,1-4H3/t18-,20-,23?/m1/s1. The van der Waals surface area contributed by atoms with Gasteiger partial charge in [0.1, 0.15) is 0 Å². The maximum Gasteiger partial charge on any atom is 0.229 e. The van der Waals surface area contributed by atoms with Gasteiger partial charge in [0.25, 0.3) is 0 Å². The Morgan fingerprint density at radius 1 is 1.07 bits per heavy atom. The molecule has 1 unspecified atom stereocenters. The lowest BCUT2D eigenvalue weighted by Gasteiger charge is -2.27. The Balaban J connectivity index is 2.06. The molecule has 0 spiro atoms. The minimum atomic E-state index is -0.643. The van der Waals surface area contributed by atoms with Crippen molar-refractivity contribution in [3.8, 4) is 11.5 Å². The summed E-state index contributed by atoms with van der Waals surface area (Å²) in [7, 11) is 4.68. The van der Waals surface area contributed by atoms with Gasteiger partial charge < -0.3 is 19.1 Å². The van der Waals surface area contributed by atoms with E-state index in [4.69, 9.17) is 14.2 Å². The molecular formula is C24H29NO5. The number of ether oxygens (including phenoxy) is 3. The first-order valence-electron chi connectivity index (χ1n) is 10.2. The minimum absolute atomic E-state index is 0.0449. The third-order valence-electron chi connectivity index (χ3n) is 5.66. The monoisotopic (exact) mass is 411 g/mol. The lowest BCUT2D eigenvalue weighted by Crippen LogP contribution is -2.32. The Hall–Kier alpha value is -2.86. The Labute approximate surface area is 177 Å². The van der Waals surface area contributed by atoms with Crippen LogP contribution >= 0.6 is 0 Å². The lowest BCUT2D eigenvalue weighted by atomic mass is 9.81. The van der Waals surface area contributed by atoms with E-state index in [0.717, 1.165) is 6.42 Å². The van der Waals surface area contributed by atoms with Crippen molar-refractivity contribution >= 4 is 11.7 Å². The summed E-state index contributed by atoms with van der Waals surface area (Å²) in [5.41, 5.74) is 1.30. The van der Waals surface area contributed by atoms with Gasteiger partial charge in [-0.3, -0.25) is 9.59 Å². The Bertz CT molecular complexity index is 882. The zero-order chi connectivity index (χ0) is 21.7. The van der Waals surface area contributed by atoms with Crippen molar-refractivity contribution in [2.45, 2.75) is 19.4 Å². The number of carbonyl (C=O) groups excluding carboxylic acids is 2. The summed E-state index contributed by atoms with van der Waals surface area (Å²) in [6.45, 7) is 3.02. The van der Waals surface area contributed by atoms with Crippen LogP contribution in [0.5, 0.6) is 11.5 Å². The van der Waals surface area contributed by atoms with Crippen LogP contribution < -0.4 is 9.47 Å². The van der Waals surface area contributed by atoms with Gasteiger partial charge in [-0.05, 0) is 12.5 Å². The molecule has 1 saturated heterocycles. The van der Waals surface area contributed by atoms with Crippen LogP contribution in [0.25, 0.3) is 0 Å². The van der Waals surface area contributed by atoms with Gasteiger partial charge in [-0.25, -0.2) is 0 Å². The second kappa shape index (κ2) is 9.76. The molecule has 1 amide bonds. The van der Waals surface area contributed by atoms with Crippen LogP contribution in [0.4, 0.5) is 0 Å². The molecule has 0 radical (unpaired) electrons. The van der Waals surface area contributed by atoms with Crippen LogP contribution in [0.1, 0.15) is 35.4 Å². The predicted molar refractivity (Wildman–Crippen MR) is 114 cm³/mol. The Kier molecular flexibility index (Phi) is 7.11. The largest absolute Gasteiger partial charge is 0.493 e. The van der Waals surface area contributed by atoms with E-state index in [-0.39, 0.29) is 11.7 Å². The Morgan fingerprint density at radius 3 is 2.40 bits per heavy atom. The van der Waals surface area contributed by atoms with Crippen LogP contribution in [0, 0.1) is 11.8 Å². The van der Waals surface area contributed by atoms with E-state index < -0.39 is 17.9 Å². The second-order valence-corrected chi connectivity index (χ2v) is 7.39. The van der Waals surface area contributed by atoms with Crippen LogP contribution in [0.2, 0.25) is 0 Å². The van der Waals surface area contributed by atoms with E-state index >= 15 is 0 Å². The molecule has 6 heteroatoms. The molecule has 1 heterocycles. The number of hydrogen-bond donors (Lipinski definition) is 0. The molecule has 6 nitrogen and oxygen atoms in total. The van der Waals surface area contributed by atoms with Crippen molar-refractivity contribution < 1.29 is 23.8 Å². The molecule has 0 saturated carbocycles. The number of nitrogens with zero attached hydrogens (tertiary/aromatic N) is 1. The van der Waals surface area contributed by atoms with E-state index in [9.17, 15) is 9.59 Å². The fraction of sp³-hybridized carbons (Fsp3) is 0.417. The van der Waals surface area contributed by atoms with Crippen LogP contribution in [0.15, 0.2) is 48.5 Å². The number of likely N-dealkylation sites (tertiary alicyclic amines) is 1. The average Bonchev–Trinajstić information content (AvgIpc) is 3.10. The molecule has 3 rings (SSSR count). The summed E-state index contributed by atoms with van der Waals surface area (Å²) in [4.78, 5) is 28.6. The van der Waals surface area contributed by atoms with Crippen molar-refractivity contribution in [2.24, 2.45) is 11.8 Å². The zero-order valence-electron chi connectivity index (χ0n) is 18.0. The number of methoxy groups -OCH3 is 3. The molecule has 0 N–H and O–H groups in total. The maximum atomic E-state index is 13.4. The Morgan fingerprint density at radius 2 is 1.80 bits per heavy atom. The molecule has 3 atom stereocenters. The first kappa shape index (κ1) is 21.8. The van der Waals surface area contributed by atoms with Crippen molar-refractivity contribution in [1.29, 1.82) is 0 Å². The molecule has 2 aromatic rings. The normalized spacial score (nSPS) is 19.6. The number of ketones is 1. The minimum Gasteiger partial charge on any atom is -0.493 e. The SMILES string of the molecule is CCCN1C[C@@H](C(=O)c2ccccc2)[C@H](C(OC)c2cccc(OC)c2OC)C1=O. The molecule has 0 aromatic heterocycles. The number of amides is 1. The highest BCUT2D eigenvalue weighted by molar-refractivity contribution is 6.02. The summed E-state index contributed by atoms with van der Waals surface area (Å²) in [5, 5.41) is 0. The fourth-order valence-corrected chi connectivity index (χ4v) is 4.30. The molecule has 160 valence electrons. The van der Waals surface area contributed by atoms with Crippen LogP contribution in [-0.2, 0) is 9.53 Å². The highest BCUT2D eigenvalue weighted by Crippen LogP contribution is 2.44. The highest BCUT2D eigenvalue weighted by atomic mass is 16.5. The third kappa shape index (κ3) is 4.05. The summed E-state index contributed by atoms with van der Waals surface area (Å²) in [5.74, 6) is -0.194. The molecule has 1 fully saturated rings. The van der Waals surface area contributed by atoms with Gasteiger partial charge >= 0.3 is 0 Å². The summed E-state index contributed by atoms with van der Waals surface area (Å²) in [6, 6.07) is 14.6. The molecule has 0 bridgehead atoms. The molecule has 1 aliphatic rings. The quantitative estimate of drug-likeness (QED) is 0.588. The number of carbonyl (C=O) groups is 2. The lowest BCUT2D eigenvalue weighted by molar-refractivity contribution is -0.135. The number of rotatable bonds is 9. The van der Waals surface area contributed by atoms with Crippen molar-refractivity contribution in [3.05, 3.63) is 59.7 Å². The molecule has 1 aliphatic heterocycles. The molecule has 0 aliphatic carbocycles. The average molecular weight is 411 g/mol. The van der Waals surface area contributed by atoms with Crippen molar-refractivity contribution in [1.82, 2.24) is 4.90 Å². The topological polar surface area (TPSA) is 65.1 Å². The first-order chi connectivity index (χ1) is 14.6.